The first-order valence-corrected chi connectivity index (χ1v) is 7.54. The summed E-state index contributed by atoms with van der Waals surface area (Å²) < 4.78 is 0. The molecule has 7 heteroatoms. The lowest BCUT2D eigenvalue weighted by Crippen LogP contribution is -2.33. The van der Waals surface area contributed by atoms with Gasteiger partial charge in [-0.25, -0.2) is 0 Å². The minimum Gasteiger partial charge on any atom is -0.306 e. The third kappa shape index (κ3) is 3.48. The van der Waals surface area contributed by atoms with E-state index in [1.165, 1.54) is 4.90 Å². The van der Waals surface area contributed by atoms with Gasteiger partial charge in [-0.05, 0) is 36.4 Å². The molecule has 0 radical (unpaired) electrons. The molecule has 1 heterocycles. The molecular formula is C16H14ClN3O3. The van der Waals surface area contributed by atoms with Gasteiger partial charge >= 0.3 is 0 Å². The number of rotatable bonds is 5. The van der Waals surface area contributed by atoms with Crippen molar-refractivity contribution in [1.29, 1.82) is 0 Å². The first-order chi connectivity index (χ1) is 11.1. The molecule has 1 saturated carbocycles. The zero-order chi connectivity index (χ0) is 16.4. The van der Waals surface area contributed by atoms with Crippen LogP contribution in [0.3, 0.4) is 0 Å². The van der Waals surface area contributed by atoms with Gasteiger partial charge in [0, 0.05) is 28.3 Å². The Labute approximate surface area is 137 Å². The van der Waals surface area contributed by atoms with Crippen LogP contribution >= 0.6 is 11.6 Å². The van der Waals surface area contributed by atoms with Crippen molar-refractivity contribution in [3.05, 3.63) is 69.5 Å². The molecular weight excluding hydrogens is 318 g/mol. The van der Waals surface area contributed by atoms with Crippen molar-refractivity contribution >= 4 is 23.2 Å². The highest BCUT2D eigenvalue weighted by atomic mass is 35.5. The van der Waals surface area contributed by atoms with Gasteiger partial charge in [-0.2, -0.15) is 0 Å². The number of carbonyl (C=O) groups is 1. The molecule has 118 valence electrons. The van der Waals surface area contributed by atoms with E-state index < -0.39 is 12.0 Å². The average Bonchev–Trinajstić information content (AvgIpc) is 3.35. The molecule has 23 heavy (non-hydrogen) atoms. The lowest BCUT2D eigenvalue weighted by molar-refractivity contribution is -0.497. The number of hydrogen-bond acceptors (Lipinski definition) is 4. The fourth-order valence-electron chi connectivity index (χ4n) is 2.45. The maximum atomic E-state index is 12.7. The molecule has 0 aliphatic heterocycles. The first-order valence-electron chi connectivity index (χ1n) is 7.16. The van der Waals surface area contributed by atoms with E-state index in [0.29, 0.717) is 16.4 Å². The molecule has 1 amide bonds. The Morgan fingerprint density at radius 1 is 1.30 bits per heavy atom. The molecule has 0 saturated heterocycles. The van der Waals surface area contributed by atoms with E-state index in [1.54, 1.807) is 36.5 Å². The van der Waals surface area contributed by atoms with Crippen LogP contribution in [-0.2, 0) is 11.3 Å². The smallest absolute Gasteiger partial charge is 0.237 e. The summed E-state index contributed by atoms with van der Waals surface area (Å²) in [6, 6.07) is 11.5. The highest BCUT2D eigenvalue weighted by molar-refractivity contribution is 6.30. The number of halogens is 1. The number of benzene rings is 1. The number of pyridine rings is 1. The quantitative estimate of drug-likeness (QED) is 0.623. The van der Waals surface area contributed by atoms with Gasteiger partial charge in [0.15, 0.2) is 0 Å². The minimum atomic E-state index is -0.777. The third-order valence-electron chi connectivity index (χ3n) is 3.80. The minimum absolute atomic E-state index is 0.250. The Kier molecular flexibility index (Phi) is 4.25. The van der Waals surface area contributed by atoms with Crippen LogP contribution in [0.4, 0.5) is 5.69 Å². The summed E-state index contributed by atoms with van der Waals surface area (Å²) in [5.41, 5.74) is 1.37. The van der Waals surface area contributed by atoms with Crippen LogP contribution in [-0.4, -0.2) is 21.9 Å². The fraction of sp³-hybridized carbons (Fsp3) is 0.250. The van der Waals surface area contributed by atoms with Crippen LogP contribution in [0.1, 0.15) is 12.1 Å². The number of hydrogen-bond donors (Lipinski definition) is 0. The number of carbonyl (C=O) groups excluding carboxylic acids is 1. The lowest BCUT2D eigenvalue weighted by Gasteiger charge is -2.22. The Morgan fingerprint density at radius 2 is 2.04 bits per heavy atom. The maximum absolute atomic E-state index is 12.7. The number of amides is 1. The molecule has 1 fully saturated rings. The summed E-state index contributed by atoms with van der Waals surface area (Å²) in [5, 5.41) is 11.4. The molecule has 1 aliphatic carbocycles. The highest BCUT2D eigenvalue weighted by Gasteiger charge is 2.54. The molecule has 2 atom stereocenters. The number of nitrogens with zero attached hydrogens (tertiary/aromatic N) is 3. The molecule has 6 nitrogen and oxygen atoms in total. The normalized spacial score (nSPS) is 19.2. The van der Waals surface area contributed by atoms with E-state index in [2.05, 4.69) is 4.98 Å². The van der Waals surface area contributed by atoms with Gasteiger partial charge in [0.1, 0.15) is 5.92 Å². The SMILES string of the molecule is O=C([C@H]1C[C@H]1[N+](=O)[O-])N(Cc1ccccn1)c1ccc(Cl)cc1. The van der Waals surface area contributed by atoms with E-state index in [0.717, 1.165) is 0 Å². The van der Waals surface area contributed by atoms with Crippen molar-refractivity contribution < 1.29 is 9.72 Å². The Morgan fingerprint density at radius 3 is 2.61 bits per heavy atom. The fourth-order valence-corrected chi connectivity index (χ4v) is 2.58. The van der Waals surface area contributed by atoms with E-state index in [4.69, 9.17) is 11.6 Å². The summed E-state index contributed by atoms with van der Waals surface area (Å²) in [5.74, 6) is -0.816. The third-order valence-corrected chi connectivity index (χ3v) is 4.05. The summed E-state index contributed by atoms with van der Waals surface area (Å²) in [7, 11) is 0. The summed E-state index contributed by atoms with van der Waals surface area (Å²) in [6.45, 7) is 0.266. The average molecular weight is 332 g/mol. The van der Waals surface area contributed by atoms with E-state index in [1.807, 2.05) is 12.1 Å². The van der Waals surface area contributed by atoms with Gasteiger partial charge in [0.25, 0.3) is 0 Å². The van der Waals surface area contributed by atoms with Crippen LogP contribution in [0.15, 0.2) is 48.7 Å². The van der Waals surface area contributed by atoms with Gasteiger partial charge < -0.3 is 4.90 Å². The first kappa shape index (κ1) is 15.4. The van der Waals surface area contributed by atoms with Crippen LogP contribution < -0.4 is 4.90 Å². The van der Waals surface area contributed by atoms with Crippen LogP contribution in [0, 0.1) is 16.0 Å². The van der Waals surface area contributed by atoms with Gasteiger partial charge in [0.05, 0.1) is 12.2 Å². The molecule has 0 unspecified atom stereocenters. The molecule has 1 aliphatic rings. The molecule has 0 N–H and O–H groups in total. The van der Waals surface area contributed by atoms with Crippen molar-refractivity contribution in [2.75, 3.05) is 4.90 Å². The van der Waals surface area contributed by atoms with Gasteiger partial charge in [-0.3, -0.25) is 19.9 Å². The van der Waals surface area contributed by atoms with Crippen molar-refractivity contribution in [2.24, 2.45) is 5.92 Å². The Bertz CT molecular complexity index is 721. The second-order valence-electron chi connectivity index (χ2n) is 5.42. The van der Waals surface area contributed by atoms with Crippen molar-refractivity contribution in [3.8, 4) is 0 Å². The highest BCUT2D eigenvalue weighted by Crippen LogP contribution is 2.36. The molecule has 1 aromatic carbocycles. The maximum Gasteiger partial charge on any atom is 0.237 e. The zero-order valence-corrected chi connectivity index (χ0v) is 12.9. The second kappa shape index (κ2) is 6.34. The van der Waals surface area contributed by atoms with Crippen molar-refractivity contribution in [1.82, 2.24) is 4.98 Å². The summed E-state index contributed by atoms with van der Waals surface area (Å²) in [4.78, 5) is 28.9. The summed E-state index contributed by atoms with van der Waals surface area (Å²) in [6.07, 6.45) is 1.94. The zero-order valence-electron chi connectivity index (χ0n) is 12.1. The van der Waals surface area contributed by atoms with Gasteiger partial charge in [-0.15, -0.1) is 0 Å². The molecule has 0 spiro atoms. The van der Waals surface area contributed by atoms with Crippen molar-refractivity contribution in [3.63, 3.8) is 0 Å². The molecule has 1 aromatic heterocycles. The molecule has 3 rings (SSSR count). The Hall–Kier alpha value is -2.47. The van der Waals surface area contributed by atoms with E-state index in [-0.39, 0.29) is 23.8 Å². The second-order valence-corrected chi connectivity index (χ2v) is 5.85. The topological polar surface area (TPSA) is 76.3 Å². The lowest BCUT2D eigenvalue weighted by atomic mass is 10.2. The van der Waals surface area contributed by atoms with Crippen LogP contribution in [0.5, 0.6) is 0 Å². The predicted molar refractivity (Wildman–Crippen MR) is 85.8 cm³/mol. The molecule has 0 bridgehead atoms. The molecule has 2 aromatic rings. The largest absolute Gasteiger partial charge is 0.306 e. The van der Waals surface area contributed by atoms with Gasteiger partial charge in [0.2, 0.25) is 11.9 Å². The Balaban J connectivity index is 1.86. The standard InChI is InChI=1S/C16H14ClN3O3/c17-11-4-6-13(7-5-11)19(10-12-3-1-2-8-18-12)16(21)14-9-15(14)20(22)23/h1-8,14-15H,9-10H2/t14-,15+/m0/s1. The van der Waals surface area contributed by atoms with Gasteiger partial charge in [-0.1, -0.05) is 17.7 Å². The predicted octanol–water partition coefficient (Wildman–Crippen LogP) is 2.93. The van der Waals surface area contributed by atoms with Crippen LogP contribution in [0.2, 0.25) is 5.02 Å². The van der Waals surface area contributed by atoms with E-state index in [9.17, 15) is 14.9 Å². The monoisotopic (exact) mass is 331 g/mol. The van der Waals surface area contributed by atoms with Crippen molar-refractivity contribution in [2.45, 2.75) is 19.0 Å². The number of anilines is 1. The number of aromatic nitrogens is 1. The van der Waals surface area contributed by atoms with E-state index >= 15 is 0 Å². The summed E-state index contributed by atoms with van der Waals surface area (Å²) >= 11 is 5.89. The number of nitro groups is 1. The van der Waals surface area contributed by atoms with Crippen LogP contribution in [0.25, 0.3) is 0 Å².